The van der Waals surface area contributed by atoms with Crippen LogP contribution in [0.5, 0.6) is 0 Å². The molecule has 0 aliphatic carbocycles. The number of rotatable bonds is 10. The van der Waals surface area contributed by atoms with Crippen molar-refractivity contribution >= 4 is 5.97 Å². The van der Waals surface area contributed by atoms with E-state index in [0.29, 0.717) is 0 Å². The van der Waals surface area contributed by atoms with Crippen molar-refractivity contribution in [1.29, 1.82) is 0 Å². The predicted molar refractivity (Wildman–Crippen MR) is 78.9 cm³/mol. The van der Waals surface area contributed by atoms with E-state index in [4.69, 9.17) is 0 Å². The molecule has 0 unspecified atom stereocenters. The number of methoxy groups -OCH3 is 1. The summed E-state index contributed by atoms with van der Waals surface area (Å²) in [6.45, 7) is 8.73. The first-order valence-electron chi connectivity index (χ1n) is 7.64. The molecule has 0 amide bonds. The molecule has 114 valence electrons. The Hall–Kier alpha value is -0.570. The van der Waals surface area contributed by atoms with Gasteiger partial charge in [-0.15, -0.1) is 0 Å². The highest BCUT2D eigenvalue weighted by molar-refractivity contribution is 5.74. The van der Waals surface area contributed by atoms with Crippen molar-refractivity contribution in [2.45, 2.75) is 72.3 Å². The summed E-state index contributed by atoms with van der Waals surface area (Å²) in [5.74, 6) is 0.997. The zero-order chi connectivity index (χ0) is 14.8. The molecule has 0 aliphatic rings. The zero-order valence-corrected chi connectivity index (χ0v) is 13.3. The van der Waals surface area contributed by atoms with Gasteiger partial charge in [0.1, 0.15) is 0 Å². The second-order valence-electron chi connectivity index (χ2n) is 6.31. The molecule has 0 heterocycles. The summed E-state index contributed by atoms with van der Waals surface area (Å²) in [6.07, 6.45) is 6.05. The van der Waals surface area contributed by atoms with Crippen molar-refractivity contribution < 1.29 is 14.6 Å². The first-order valence-corrected chi connectivity index (χ1v) is 7.64. The second kappa shape index (κ2) is 10.2. The summed E-state index contributed by atoms with van der Waals surface area (Å²) in [7, 11) is 1.31. The normalized spacial score (nSPS) is 16.2. The molecule has 0 radical (unpaired) electrons. The maximum atomic E-state index is 11.2. The standard InChI is InChI=1S/C16H32O3/c1-12(2)8-6-9-13(3)10-7-11-14(4)15(17)16(18)19-5/h12-15,17H,6-11H2,1-5H3/t13-,14-,15+/m0/s1. The fourth-order valence-corrected chi connectivity index (χ4v) is 2.32. The molecule has 0 aromatic rings. The number of carbonyl (C=O) groups excluding carboxylic acids is 1. The van der Waals surface area contributed by atoms with Crippen LogP contribution in [-0.4, -0.2) is 24.3 Å². The molecule has 3 nitrogen and oxygen atoms in total. The van der Waals surface area contributed by atoms with E-state index in [0.717, 1.165) is 24.7 Å². The minimum atomic E-state index is -0.971. The van der Waals surface area contributed by atoms with Crippen LogP contribution < -0.4 is 0 Å². The molecule has 3 heteroatoms. The van der Waals surface area contributed by atoms with Crippen LogP contribution in [0, 0.1) is 17.8 Å². The van der Waals surface area contributed by atoms with Crippen molar-refractivity contribution in [1.82, 2.24) is 0 Å². The maximum absolute atomic E-state index is 11.2. The van der Waals surface area contributed by atoms with Gasteiger partial charge >= 0.3 is 5.97 Å². The van der Waals surface area contributed by atoms with E-state index < -0.39 is 12.1 Å². The lowest BCUT2D eigenvalue weighted by Crippen LogP contribution is -2.28. The molecule has 0 saturated carbocycles. The minimum Gasteiger partial charge on any atom is -0.467 e. The molecule has 1 N–H and O–H groups in total. The largest absolute Gasteiger partial charge is 0.467 e. The molecule has 0 aromatic heterocycles. The van der Waals surface area contributed by atoms with Gasteiger partial charge in [-0.25, -0.2) is 4.79 Å². The molecular formula is C16H32O3. The van der Waals surface area contributed by atoms with Crippen molar-refractivity contribution in [3.05, 3.63) is 0 Å². The van der Waals surface area contributed by atoms with Gasteiger partial charge in [0.05, 0.1) is 7.11 Å². The topological polar surface area (TPSA) is 46.5 Å². The first-order chi connectivity index (χ1) is 8.88. The van der Waals surface area contributed by atoms with E-state index in [2.05, 4.69) is 25.5 Å². The number of aliphatic hydroxyl groups is 1. The summed E-state index contributed by atoms with van der Waals surface area (Å²) >= 11 is 0. The number of esters is 1. The Morgan fingerprint density at radius 2 is 1.53 bits per heavy atom. The third-order valence-corrected chi connectivity index (χ3v) is 3.82. The molecule has 0 saturated heterocycles. The highest BCUT2D eigenvalue weighted by Gasteiger charge is 2.22. The van der Waals surface area contributed by atoms with Gasteiger partial charge < -0.3 is 9.84 Å². The quantitative estimate of drug-likeness (QED) is 0.615. The smallest absolute Gasteiger partial charge is 0.334 e. The lowest BCUT2D eigenvalue weighted by molar-refractivity contribution is -0.153. The van der Waals surface area contributed by atoms with Crippen molar-refractivity contribution in [2.75, 3.05) is 7.11 Å². The van der Waals surface area contributed by atoms with E-state index in [1.54, 1.807) is 0 Å². The van der Waals surface area contributed by atoms with E-state index in [1.165, 1.54) is 32.8 Å². The van der Waals surface area contributed by atoms with E-state index >= 15 is 0 Å². The molecule has 0 spiro atoms. The van der Waals surface area contributed by atoms with Crippen LogP contribution in [0.1, 0.15) is 66.2 Å². The monoisotopic (exact) mass is 272 g/mol. The molecule has 0 fully saturated rings. The molecule has 3 atom stereocenters. The molecule has 0 bridgehead atoms. The van der Waals surface area contributed by atoms with Gasteiger partial charge in [0.2, 0.25) is 0 Å². The summed E-state index contributed by atoms with van der Waals surface area (Å²) in [5.41, 5.74) is 0. The van der Waals surface area contributed by atoms with E-state index in [9.17, 15) is 9.90 Å². The number of ether oxygens (including phenoxy) is 1. The van der Waals surface area contributed by atoms with Crippen LogP contribution in [0.25, 0.3) is 0 Å². The second-order valence-corrected chi connectivity index (χ2v) is 6.31. The highest BCUT2D eigenvalue weighted by atomic mass is 16.5. The SMILES string of the molecule is COC(=O)[C@H](O)[C@@H](C)CCC[C@@H](C)CCCC(C)C. The van der Waals surface area contributed by atoms with E-state index in [-0.39, 0.29) is 5.92 Å². The number of hydrogen-bond acceptors (Lipinski definition) is 3. The van der Waals surface area contributed by atoms with Gasteiger partial charge in [0.15, 0.2) is 6.10 Å². The molecule has 19 heavy (non-hydrogen) atoms. The van der Waals surface area contributed by atoms with Crippen LogP contribution >= 0.6 is 0 Å². The Morgan fingerprint density at radius 1 is 1.00 bits per heavy atom. The van der Waals surface area contributed by atoms with Gasteiger partial charge in [0.25, 0.3) is 0 Å². The lowest BCUT2D eigenvalue weighted by Gasteiger charge is -2.18. The summed E-state index contributed by atoms with van der Waals surface area (Å²) in [4.78, 5) is 11.2. The van der Waals surface area contributed by atoms with Crippen molar-refractivity contribution in [3.63, 3.8) is 0 Å². The van der Waals surface area contributed by atoms with Crippen LogP contribution in [0.15, 0.2) is 0 Å². The Kier molecular flexibility index (Phi) is 9.94. The fraction of sp³-hybridized carbons (Fsp3) is 0.938. The Balaban J connectivity index is 3.69. The number of hydrogen-bond donors (Lipinski definition) is 1. The molecule has 0 aliphatic heterocycles. The summed E-state index contributed by atoms with van der Waals surface area (Å²) in [5, 5.41) is 9.68. The Labute approximate surface area is 118 Å². The third kappa shape index (κ3) is 9.04. The average molecular weight is 272 g/mol. The fourth-order valence-electron chi connectivity index (χ4n) is 2.32. The lowest BCUT2D eigenvalue weighted by atomic mass is 9.92. The van der Waals surface area contributed by atoms with Gasteiger partial charge in [-0.1, -0.05) is 59.8 Å². The first kappa shape index (κ1) is 18.4. The minimum absolute atomic E-state index is 0.0182. The number of carbonyl (C=O) groups is 1. The van der Waals surface area contributed by atoms with Crippen LogP contribution in [0.3, 0.4) is 0 Å². The maximum Gasteiger partial charge on any atom is 0.334 e. The zero-order valence-electron chi connectivity index (χ0n) is 13.3. The predicted octanol–water partition coefficient (Wildman–Crippen LogP) is 3.79. The van der Waals surface area contributed by atoms with Crippen molar-refractivity contribution in [3.8, 4) is 0 Å². The van der Waals surface area contributed by atoms with Crippen LogP contribution in [-0.2, 0) is 9.53 Å². The summed E-state index contributed by atoms with van der Waals surface area (Å²) < 4.78 is 4.55. The highest BCUT2D eigenvalue weighted by Crippen LogP contribution is 2.20. The average Bonchev–Trinajstić information content (AvgIpc) is 2.36. The number of aliphatic hydroxyl groups excluding tert-OH is 1. The van der Waals surface area contributed by atoms with Crippen molar-refractivity contribution in [2.24, 2.45) is 17.8 Å². The summed E-state index contributed by atoms with van der Waals surface area (Å²) in [6, 6.07) is 0. The molecule has 0 aromatic carbocycles. The molecular weight excluding hydrogens is 240 g/mol. The Morgan fingerprint density at radius 3 is 2.00 bits per heavy atom. The van der Waals surface area contributed by atoms with Crippen LogP contribution in [0.4, 0.5) is 0 Å². The van der Waals surface area contributed by atoms with E-state index in [1.807, 2.05) is 6.92 Å². The third-order valence-electron chi connectivity index (χ3n) is 3.82. The van der Waals surface area contributed by atoms with Gasteiger partial charge in [-0.05, 0) is 24.2 Å². The van der Waals surface area contributed by atoms with Gasteiger partial charge in [-0.3, -0.25) is 0 Å². The molecule has 0 rings (SSSR count). The van der Waals surface area contributed by atoms with Gasteiger partial charge in [-0.2, -0.15) is 0 Å². The van der Waals surface area contributed by atoms with Gasteiger partial charge in [0, 0.05) is 0 Å². The van der Waals surface area contributed by atoms with Crippen LogP contribution in [0.2, 0.25) is 0 Å². The Bertz CT molecular complexity index is 238.